The molecule has 0 bridgehead atoms. The molecule has 1 aliphatic rings. The molecule has 2 rings (SSSR count). The minimum atomic E-state index is -0.290. The van der Waals surface area contributed by atoms with Crippen LogP contribution in [0.4, 0.5) is 0 Å². The summed E-state index contributed by atoms with van der Waals surface area (Å²) in [5.74, 6) is -0.323. The van der Waals surface area contributed by atoms with Crippen LogP contribution in [0, 0.1) is 0 Å². The summed E-state index contributed by atoms with van der Waals surface area (Å²) in [4.78, 5) is 25.4. The van der Waals surface area contributed by atoms with Gasteiger partial charge in [-0.1, -0.05) is 11.6 Å². The molecule has 0 aliphatic carbocycles. The Morgan fingerprint density at radius 1 is 1.32 bits per heavy atom. The van der Waals surface area contributed by atoms with Gasteiger partial charge in [0.2, 0.25) is 5.91 Å². The van der Waals surface area contributed by atoms with E-state index in [1.165, 1.54) is 0 Å². The van der Waals surface area contributed by atoms with Crippen molar-refractivity contribution in [3.05, 3.63) is 33.3 Å². The van der Waals surface area contributed by atoms with Crippen molar-refractivity contribution >= 4 is 39.3 Å². The number of benzene rings is 1. The number of carbonyl (C=O) groups is 2. The Bertz CT molecular complexity index is 501. The molecular weight excluding hydrogens is 332 g/mol. The average Bonchev–Trinajstić information content (AvgIpc) is 2.92. The molecule has 1 heterocycles. The number of likely N-dealkylation sites (tertiary alicyclic amines) is 1. The fourth-order valence-corrected chi connectivity index (χ4v) is 2.40. The summed E-state index contributed by atoms with van der Waals surface area (Å²) < 4.78 is 0.735. The molecule has 0 saturated carbocycles. The van der Waals surface area contributed by atoms with Gasteiger partial charge in [-0.3, -0.25) is 9.59 Å². The van der Waals surface area contributed by atoms with Gasteiger partial charge in [-0.05, 0) is 47.0 Å². The summed E-state index contributed by atoms with van der Waals surface area (Å²) in [6.45, 7) is 1.62. The second-order valence-electron chi connectivity index (χ2n) is 4.40. The van der Waals surface area contributed by atoms with Crippen molar-refractivity contribution in [2.24, 2.45) is 0 Å². The van der Waals surface area contributed by atoms with Gasteiger partial charge in [0.05, 0.1) is 11.6 Å². The number of amides is 2. The van der Waals surface area contributed by atoms with Crippen molar-refractivity contribution in [2.75, 3.05) is 19.6 Å². The van der Waals surface area contributed by atoms with E-state index >= 15 is 0 Å². The Kier molecular flexibility index (Phi) is 4.82. The molecule has 1 aromatic rings. The Hall–Kier alpha value is -1.07. The third-order valence-corrected chi connectivity index (χ3v) is 4.27. The number of halogens is 2. The number of rotatable bonds is 3. The molecule has 2 amide bonds. The molecule has 0 spiro atoms. The van der Waals surface area contributed by atoms with Gasteiger partial charge < -0.3 is 10.2 Å². The molecule has 1 aliphatic heterocycles. The summed E-state index contributed by atoms with van der Waals surface area (Å²) >= 11 is 9.18. The highest BCUT2D eigenvalue weighted by Gasteiger charge is 2.18. The van der Waals surface area contributed by atoms with Crippen LogP contribution in [0.2, 0.25) is 5.02 Å². The van der Waals surface area contributed by atoms with Gasteiger partial charge in [0.25, 0.3) is 5.91 Å². The van der Waals surface area contributed by atoms with Gasteiger partial charge in [0.15, 0.2) is 0 Å². The minimum absolute atomic E-state index is 0.0333. The zero-order chi connectivity index (χ0) is 13.8. The number of nitrogens with one attached hydrogen (secondary N) is 1. The van der Waals surface area contributed by atoms with Gasteiger partial charge in [-0.15, -0.1) is 0 Å². The molecule has 1 aromatic carbocycles. The van der Waals surface area contributed by atoms with Crippen LogP contribution in [0.15, 0.2) is 22.7 Å². The van der Waals surface area contributed by atoms with Crippen LogP contribution in [-0.2, 0) is 4.79 Å². The monoisotopic (exact) mass is 344 g/mol. The van der Waals surface area contributed by atoms with Gasteiger partial charge >= 0.3 is 0 Å². The van der Waals surface area contributed by atoms with E-state index in [1.807, 2.05) is 0 Å². The number of nitrogens with zero attached hydrogens (tertiary/aromatic N) is 1. The first-order valence-corrected chi connectivity index (χ1v) is 7.26. The van der Waals surface area contributed by atoms with Gasteiger partial charge in [0.1, 0.15) is 0 Å². The quantitative estimate of drug-likeness (QED) is 0.915. The molecule has 6 heteroatoms. The van der Waals surface area contributed by atoms with Crippen molar-refractivity contribution in [2.45, 2.75) is 12.8 Å². The normalized spacial score (nSPS) is 14.5. The lowest BCUT2D eigenvalue weighted by molar-refractivity contribution is -0.129. The maximum atomic E-state index is 11.9. The lowest BCUT2D eigenvalue weighted by Gasteiger charge is -2.15. The second kappa shape index (κ2) is 6.39. The van der Waals surface area contributed by atoms with Crippen LogP contribution in [0.5, 0.6) is 0 Å². The SMILES string of the molecule is O=C(NCC(=O)N1CCCC1)c1ccc(Br)c(Cl)c1. The smallest absolute Gasteiger partial charge is 0.251 e. The molecule has 0 radical (unpaired) electrons. The van der Waals surface area contributed by atoms with Crippen molar-refractivity contribution in [3.63, 3.8) is 0 Å². The molecule has 1 saturated heterocycles. The molecule has 1 fully saturated rings. The summed E-state index contributed by atoms with van der Waals surface area (Å²) in [7, 11) is 0. The number of hydrogen-bond acceptors (Lipinski definition) is 2. The van der Waals surface area contributed by atoms with E-state index in [1.54, 1.807) is 23.1 Å². The zero-order valence-electron chi connectivity index (χ0n) is 10.3. The second-order valence-corrected chi connectivity index (χ2v) is 5.66. The Morgan fingerprint density at radius 2 is 2.00 bits per heavy atom. The minimum Gasteiger partial charge on any atom is -0.343 e. The standard InChI is InChI=1S/C13H14BrClN2O2/c14-10-4-3-9(7-11(10)15)13(19)16-8-12(18)17-5-1-2-6-17/h3-4,7H,1-2,5-6,8H2,(H,16,19). The zero-order valence-corrected chi connectivity index (χ0v) is 12.6. The molecule has 102 valence electrons. The molecule has 0 atom stereocenters. The largest absolute Gasteiger partial charge is 0.343 e. The first-order chi connectivity index (χ1) is 9.08. The summed E-state index contributed by atoms with van der Waals surface area (Å²) in [5.41, 5.74) is 0.447. The maximum Gasteiger partial charge on any atom is 0.251 e. The lowest BCUT2D eigenvalue weighted by Crippen LogP contribution is -2.38. The van der Waals surface area contributed by atoms with E-state index in [-0.39, 0.29) is 18.4 Å². The predicted octanol–water partition coefficient (Wildman–Crippen LogP) is 2.45. The molecule has 4 nitrogen and oxygen atoms in total. The first kappa shape index (κ1) is 14.3. The molecule has 19 heavy (non-hydrogen) atoms. The van der Waals surface area contributed by atoms with E-state index in [2.05, 4.69) is 21.2 Å². The van der Waals surface area contributed by atoms with Gasteiger partial charge in [-0.25, -0.2) is 0 Å². The topological polar surface area (TPSA) is 49.4 Å². The maximum absolute atomic E-state index is 11.9. The van der Waals surface area contributed by atoms with Crippen LogP contribution in [-0.4, -0.2) is 36.3 Å². The van der Waals surface area contributed by atoms with Crippen molar-refractivity contribution in [1.29, 1.82) is 0 Å². The fraction of sp³-hybridized carbons (Fsp3) is 0.385. The van der Waals surface area contributed by atoms with E-state index in [0.717, 1.165) is 30.4 Å². The van der Waals surface area contributed by atoms with Crippen molar-refractivity contribution in [3.8, 4) is 0 Å². The molecular formula is C13H14BrClN2O2. The van der Waals surface area contributed by atoms with Gasteiger partial charge in [-0.2, -0.15) is 0 Å². The van der Waals surface area contributed by atoms with Gasteiger partial charge in [0, 0.05) is 23.1 Å². The van der Waals surface area contributed by atoms with Crippen LogP contribution in [0.25, 0.3) is 0 Å². The number of hydrogen-bond donors (Lipinski definition) is 1. The molecule has 1 N–H and O–H groups in total. The van der Waals surface area contributed by atoms with Crippen LogP contribution in [0.3, 0.4) is 0 Å². The van der Waals surface area contributed by atoms with E-state index < -0.39 is 0 Å². The van der Waals surface area contributed by atoms with Crippen LogP contribution >= 0.6 is 27.5 Å². The number of carbonyl (C=O) groups excluding carboxylic acids is 2. The third kappa shape index (κ3) is 3.70. The van der Waals surface area contributed by atoms with Crippen molar-refractivity contribution < 1.29 is 9.59 Å². The van der Waals surface area contributed by atoms with E-state index in [0.29, 0.717) is 10.6 Å². The summed E-state index contributed by atoms with van der Waals surface area (Å²) in [5, 5.41) is 3.09. The Morgan fingerprint density at radius 3 is 2.63 bits per heavy atom. The third-order valence-electron chi connectivity index (χ3n) is 3.04. The summed E-state index contributed by atoms with van der Waals surface area (Å²) in [6.07, 6.45) is 2.09. The van der Waals surface area contributed by atoms with Crippen LogP contribution in [0.1, 0.15) is 23.2 Å². The lowest BCUT2D eigenvalue weighted by atomic mass is 10.2. The van der Waals surface area contributed by atoms with Crippen molar-refractivity contribution in [1.82, 2.24) is 10.2 Å². The predicted molar refractivity (Wildman–Crippen MR) is 77.3 cm³/mol. The Labute approximate surface area is 125 Å². The first-order valence-electron chi connectivity index (χ1n) is 6.09. The summed E-state index contributed by atoms with van der Waals surface area (Å²) in [6, 6.07) is 4.94. The fourth-order valence-electron chi connectivity index (χ4n) is 1.97. The highest BCUT2D eigenvalue weighted by Crippen LogP contribution is 2.23. The molecule has 0 aromatic heterocycles. The van der Waals surface area contributed by atoms with E-state index in [4.69, 9.17) is 11.6 Å². The van der Waals surface area contributed by atoms with Crippen LogP contribution < -0.4 is 5.32 Å². The molecule has 0 unspecified atom stereocenters. The highest BCUT2D eigenvalue weighted by molar-refractivity contribution is 9.10. The van der Waals surface area contributed by atoms with E-state index in [9.17, 15) is 9.59 Å². The average molecular weight is 346 g/mol. The highest BCUT2D eigenvalue weighted by atomic mass is 79.9. The Balaban J connectivity index is 1.90.